The van der Waals surface area contributed by atoms with E-state index in [1.807, 2.05) is 0 Å². The van der Waals surface area contributed by atoms with Crippen molar-refractivity contribution < 1.29 is 27.2 Å². The van der Waals surface area contributed by atoms with Gasteiger partial charge in [-0.2, -0.15) is 13.2 Å². The Morgan fingerprint density at radius 3 is 2.48 bits per heavy atom. The van der Waals surface area contributed by atoms with Gasteiger partial charge in [-0.1, -0.05) is 0 Å². The molecule has 5 nitrogen and oxygen atoms in total. The molecular weight excluding hydrogens is 337 g/mol. The molecule has 8 heteroatoms. The van der Waals surface area contributed by atoms with Crippen molar-refractivity contribution in [3.05, 3.63) is 54.0 Å². The molecule has 0 bridgehead atoms. The lowest BCUT2D eigenvalue weighted by molar-refractivity contribution is -0.137. The van der Waals surface area contributed by atoms with Crippen molar-refractivity contribution in [1.82, 2.24) is 4.90 Å². The van der Waals surface area contributed by atoms with E-state index in [9.17, 15) is 22.8 Å². The molecule has 0 aliphatic carbocycles. The highest BCUT2D eigenvalue weighted by Gasteiger charge is 2.35. The second kappa shape index (κ2) is 6.62. The summed E-state index contributed by atoms with van der Waals surface area (Å²) in [7, 11) is 0. The number of anilines is 1. The number of carbonyl (C=O) groups excluding carboxylic acids is 2. The van der Waals surface area contributed by atoms with Crippen LogP contribution in [0.3, 0.4) is 0 Å². The van der Waals surface area contributed by atoms with Crippen LogP contribution in [0.25, 0.3) is 0 Å². The van der Waals surface area contributed by atoms with E-state index in [0.717, 1.165) is 12.1 Å². The third-order valence-electron chi connectivity index (χ3n) is 4.03. The Labute approximate surface area is 141 Å². The summed E-state index contributed by atoms with van der Waals surface area (Å²) in [5.74, 6) is -0.665. The molecule has 1 aromatic heterocycles. The van der Waals surface area contributed by atoms with Gasteiger partial charge in [0.2, 0.25) is 5.91 Å². The minimum absolute atomic E-state index is 0.147. The van der Waals surface area contributed by atoms with Gasteiger partial charge in [-0.15, -0.1) is 0 Å². The number of rotatable bonds is 3. The number of halogens is 3. The molecule has 1 fully saturated rings. The third kappa shape index (κ3) is 3.67. The molecule has 1 saturated heterocycles. The van der Waals surface area contributed by atoms with Crippen LogP contribution in [0.15, 0.2) is 47.1 Å². The largest absolute Gasteiger partial charge is 0.459 e. The Hall–Kier alpha value is -2.77. The van der Waals surface area contributed by atoms with Crippen LogP contribution in [-0.2, 0) is 11.0 Å². The maximum absolute atomic E-state index is 12.6. The van der Waals surface area contributed by atoms with E-state index in [0.29, 0.717) is 19.4 Å². The van der Waals surface area contributed by atoms with E-state index in [1.165, 1.54) is 29.4 Å². The van der Waals surface area contributed by atoms with Crippen LogP contribution in [0.4, 0.5) is 18.9 Å². The molecular formula is C17H15F3N2O3. The zero-order valence-corrected chi connectivity index (χ0v) is 13.0. The smallest absolute Gasteiger partial charge is 0.416 e. The summed E-state index contributed by atoms with van der Waals surface area (Å²) in [5.41, 5.74) is -0.545. The third-order valence-corrected chi connectivity index (χ3v) is 4.03. The predicted molar refractivity (Wildman–Crippen MR) is 82.8 cm³/mol. The van der Waals surface area contributed by atoms with Crippen LogP contribution < -0.4 is 5.32 Å². The number of hydrogen-bond donors (Lipinski definition) is 1. The number of likely N-dealkylation sites (tertiary alicyclic amines) is 1. The molecule has 1 aromatic carbocycles. The van der Waals surface area contributed by atoms with Crippen molar-refractivity contribution in [2.24, 2.45) is 0 Å². The van der Waals surface area contributed by atoms with Crippen molar-refractivity contribution in [1.29, 1.82) is 0 Å². The quantitative estimate of drug-likeness (QED) is 0.919. The average Bonchev–Trinajstić information content (AvgIpc) is 3.25. The van der Waals surface area contributed by atoms with E-state index in [1.54, 1.807) is 6.07 Å². The Balaban J connectivity index is 1.69. The number of hydrogen-bond acceptors (Lipinski definition) is 3. The summed E-state index contributed by atoms with van der Waals surface area (Å²) in [6, 6.07) is 6.60. The molecule has 1 N–H and O–H groups in total. The lowest BCUT2D eigenvalue weighted by Crippen LogP contribution is -2.43. The Bertz CT molecular complexity index is 754. The molecule has 1 aliphatic rings. The molecule has 2 aromatic rings. The highest BCUT2D eigenvalue weighted by atomic mass is 19.4. The van der Waals surface area contributed by atoms with Crippen LogP contribution >= 0.6 is 0 Å². The van der Waals surface area contributed by atoms with Gasteiger partial charge in [0, 0.05) is 12.2 Å². The van der Waals surface area contributed by atoms with Crippen LogP contribution in [0.2, 0.25) is 0 Å². The molecule has 0 radical (unpaired) electrons. The van der Waals surface area contributed by atoms with Gasteiger partial charge >= 0.3 is 6.18 Å². The van der Waals surface area contributed by atoms with Gasteiger partial charge in [0.1, 0.15) is 6.04 Å². The summed E-state index contributed by atoms with van der Waals surface area (Å²) in [6.45, 7) is 0.421. The second-order valence-corrected chi connectivity index (χ2v) is 5.70. The van der Waals surface area contributed by atoms with E-state index >= 15 is 0 Å². The number of amides is 2. The van der Waals surface area contributed by atoms with Crippen LogP contribution in [-0.4, -0.2) is 29.3 Å². The van der Waals surface area contributed by atoms with Gasteiger partial charge in [-0.3, -0.25) is 9.59 Å². The van der Waals surface area contributed by atoms with Gasteiger partial charge in [0.05, 0.1) is 11.8 Å². The molecule has 1 aliphatic heterocycles. The fourth-order valence-corrected chi connectivity index (χ4v) is 2.79. The fraction of sp³-hybridized carbons (Fsp3) is 0.294. The van der Waals surface area contributed by atoms with Crippen molar-refractivity contribution in [2.75, 3.05) is 11.9 Å². The molecule has 3 rings (SSSR count). The number of nitrogens with zero attached hydrogens (tertiary/aromatic N) is 1. The van der Waals surface area contributed by atoms with Gasteiger partial charge in [0.15, 0.2) is 5.76 Å². The highest BCUT2D eigenvalue weighted by molar-refractivity contribution is 6.00. The summed E-state index contributed by atoms with van der Waals surface area (Å²) >= 11 is 0. The molecule has 132 valence electrons. The maximum atomic E-state index is 12.6. The van der Waals surface area contributed by atoms with Gasteiger partial charge in [-0.05, 0) is 49.2 Å². The summed E-state index contributed by atoms with van der Waals surface area (Å²) < 4.78 is 42.8. The molecule has 2 amide bonds. The number of carbonyl (C=O) groups is 2. The van der Waals surface area contributed by atoms with Crippen molar-refractivity contribution in [3.8, 4) is 0 Å². The van der Waals surface area contributed by atoms with Crippen molar-refractivity contribution in [3.63, 3.8) is 0 Å². The summed E-state index contributed by atoms with van der Waals surface area (Å²) in [5, 5.41) is 2.56. The number of nitrogens with one attached hydrogen (secondary N) is 1. The minimum atomic E-state index is -4.43. The number of furan rings is 1. The van der Waals surface area contributed by atoms with Crippen LogP contribution in [0, 0.1) is 0 Å². The monoisotopic (exact) mass is 352 g/mol. The molecule has 0 unspecified atom stereocenters. The SMILES string of the molecule is O=C(Nc1ccc(C(F)(F)F)cc1)[C@@H]1CCCN1C(=O)c1ccco1. The number of alkyl halides is 3. The van der Waals surface area contributed by atoms with Crippen LogP contribution in [0.5, 0.6) is 0 Å². The maximum Gasteiger partial charge on any atom is 0.416 e. The van der Waals surface area contributed by atoms with E-state index in [4.69, 9.17) is 4.42 Å². The first-order valence-electron chi connectivity index (χ1n) is 7.69. The van der Waals surface area contributed by atoms with Crippen LogP contribution in [0.1, 0.15) is 29.0 Å². The lowest BCUT2D eigenvalue weighted by atomic mass is 10.1. The van der Waals surface area contributed by atoms with E-state index in [-0.39, 0.29) is 17.4 Å². The zero-order chi connectivity index (χ0) is 18.0. The zero-order valence-electron chi connectivity index (χ0n) is 13.0. The average molecular weight is 352 g/mol. The Morgan fingerprint density at radius 2 is 1.88 bits per heavy atom. The molecule has 2 heterocycles. The number of benzene rings is 1. The standard InChI is InChI=1S/C17H15F3N2O3/c18-17(19,20)11-5-7-12(8-6-11)21-15(23)13-3-1-9-22(13)16(24)14-4-2-10-25-14/h2,4-8,10,13H,1,3,9H2,(H,21,23)/t13-/m0/s1. The first-order valence-corrected chi connectivity index (χ1v) is 7.69. The second-order valence-electron chi connectivity index (χ2n) is 5.70. The first-order chi connectivity index (χ1) is 11.9. The summed E-state index contributed by atoms with van der Waals surface area (Å²) in [6.07, 6.45) is -1.91. The Morgan fingerprint density at radius 1 is 1.16 bits per heavy atom. The molecule has 1 atom stereocenters. The van der Waals surface area contributed by atoms with E-state index in [2.05, 4.69) is 5.32 Å². The van der Waals surface area contributed by atoms with Crippen molar-refractivity contribution >= 4 is 17.5 Å². The van der Waals surface area contributed by atoms with Gasteiger partial charge in [0.25, 0.3) is 5.91 Å². The van der Waals surface area contributed by atoms with Gasteiger partial charge in [-0.25, -0.2) is 0 Å². The molecule has 25 heavy (non-hydrogen) atoms. The topological polar surface area (TPSA) is 62.6 Å². The molecule has 0 saturated carbocycles. The fourth-order valence-electron chi connectivity index (χ4n) is 2.79. The minimum Gasteiger partial charge on any atom is -0.459 e. The normalized spacial score (nSPS) is 17.6. The van der Waals surface area contributed by atoms with Gasteiger partial charge < -0.3 is 14.6 Å². The highest BCUT2D eigenvalue weighted by Crippen LogP contribution is 2.30. The van der Waals surface area contributed by atoms with Crippen molar-refractivity contribution in [2.45, 2.75) is 25.1 Å². The predicted octanol–water partition coefficient (Wildman–Crippen LogP) is 3.54. The van der Waals surface area contributed by atoms with E-state index < -0.39 is 23.7 Å². The first kappa shape index (κ1) is 17.1. The Kier molecular flexibility index (Phi) is 4.52. The summed E-state index contributed by atoms with van der Waals surface area (Å²) in [4.78, 5) is 26.2. The lowest BCUT2D eigenvalue weighted by Gasteiger charge is -2.23. The molecule has 0 spiro atoms.